The van der Waals surface area contributed by atoms with Crippen molar-refractivity contribution < 1.29 is 42.1 Å². The molecule has 0 saturated heterocycles. The quantitative estimate of drug-likeness (QED) is 0.0195. The molecule has 0 rings (SSSR count). The molecule has 0 N–H and O–H groups in total. The Balaban J connectivity index is 3.94. The fourth-order valence-corrected chi connectivity index (χ4v) is 12.3. The van der Waals surface area contributed by atoms with Crippen molar-refractivity contribution in [1.29, 1.82) is 0 Å². The third-order valence-corrected chi connectivity index (χ3v) is 18.8. The molecule has 0 aliphatic carbocycles. The second kappa shape index (κ2) is 79.0. The average Bonchev–Trinajstić information content (AvgIpc) is 1.02. The minimum Gasteiger partial charge on any atom is -0.756 e. The van der Waals surface area contributed by atoms with E-state index in [-0.39, 0.29) is 32.0 Å². The summed E-state index contributed by atoms with van der Waals surface area (Å²) >= 11 is 0. The van der Waals surface area contributed by atoms with E-state index in [2.05, 4.69) is 160 Å². The highest BCUT2D eigenvalue weighted by molar-refractivity contribution is 7.45. The van der Waals surface area contributed by atoms with Gasteiger partial charge < -0.3 is 27.9 Å². The molecule has 0 aliphatic heterocycles. The average molecular weight is 1410 g/mol. The molecule has 574 valence electrons. The highest BCUT2D eigenvalue weighted by Crippen LogP contribution is 2.38. The van der Waals surface area contributed by atoms with Gasteiger partial charge in [0.25, 0.3) is 7.82 Å². The third kappa shape index (κ3) is 82.8. The van der Waals surface area contributed by atoms with Gasteiger partial charge in [-0.15, -0.1) is 0 Å². The van der Waals surface area contributed by atoms with E-state index in [1.165, 1.54) is 212 Å². The minimum atomic E-state index is -4.65. The first-order chi connectivity index (χ1) is 49.0. The predicted molar refractivity (Wildman–Crippen MR) is 434 cm³/mol. The number of rotatable bonds is 76. The van der Waals surface area contributed by atoms with Crippen molar-refractivity contribution in [2.45, 2.75) is 367 Å². The molecule has 0 bridgehead atoms. The summed E-state index contributed by atoms with van der Waals surface area (Å²) in [6.07, 6.45) is 117. The van der Waals surface area contributed by atoms with Crippen molar-refractivity contribution >= 4 is 19.8 Å². The van der Waals surface area contributed by atoms with Crippen molar-refractivity contribution in [1.82, 2.24) is 0 Å². The molecule has 0 spiro atoms. The van der Waals surface area contributed by atoms with E-state index in [4.69, 9.17) is 18.5 Å². The normalized spacial score (nSPS) is 13.8. The predicted octanol–water partition coefficient (Wildman–Crippen LogP) is 27.4. The van der Waals surface area contributed by atoms with Gasteiger partial charge in [0.2, 0.25) is 0 Å². The molecule has 0 fully saturated rings. The lowest BCUT2D eigenvalue weighted by atomic mass is 10.0. The van der Waals surface area contributed by atoms with Crippen LogP contribution in [0.15, 0.2) is 146 Å². The summed E-state index contributed by atoms with van der Waals surface area (Å²) < 4.78 is 34.4. The lowest BCUT2D eigenvalue weighted by Crippen LogP contribution is -2.37. The number of esters is 2. The van der Waals surface area contributed by atoms with E-state index >= 15 is 0 Å². The van der Waals surface area contributed by atoms with Gasteiger partial charge in [0, 0.05) is 12.8 Å². The highest BCUT2D eigenvalue weighted by atomic mass is 31.2. The highest BCUT2D eigenvalue weighted by Gasteiger charge is 2.22. The van der Waals surface area contributed by atoms with Crippen LogP contribution in [0.1, 0.15) is 361 Å². The molecule has 2 atom stereocenters. The number of carbonyl (C=O) groups excluding carboxylic acids is 2. The standard InChI is InChI=1S/C90H156NO8P/c1-6-8-10-12-14-16-18-20-22-24-26-28-30-32-34-36-38-40-42-44-45-47-48-50-52-54-56-58-60-62-64-66-68-70-72-74-76-78-80-82-89(92)96-86-88(87-98-100(94,95)97-85-84-91(3,4)5)99-90(93)83-81-79-77-75-73-71-69-67-65-63-61-59-57-55-53-51-49-46-43-41-39-37-35-33-31-29-27-25-23-21-19-17-15-13-11-9-7-2/h8-11,14-17,20-23,26-29,32-35,39,41,46,49,88H,6-7,12-13,18-19,24-25,30-31,36-38,40,42-45,47-48,50-87H2,1-5H3/b10-8-,11-9-,16-14-,17-15-,22-20-,23-21-,28-26-,29-27-,34-32-,35-33-,41-39-,49-46-. The second-order valence-electron chi connectivity index (χ2n) is 28.7. The van der Waals surface area contributed by atoms with E-state index in [9.17, 15) is 19.0 Å². The van der Waals surface area contributed by atoms with Gasteiger partial charge in [-0.1, -0.05) is 378 Å². The molecule has 2 unspecified atom stereocenters. The number of carbonyl (C=O) groups is 2. The Morgan fingerprint density at radius 3 is 0.800 bits per heavy atom. The van der Waals surface area contributed by atoms with Crippen molar-refractivity contribution in [2.75, 3.05) is 47.5 Å². The van der Waals surface area contributed by atoms with Gasteiger partial charge in [-0.25, -0.2) is 0 Å². The number of phosphoric ester groups is 1. The van der Waals surface area contributed by atoms with Gasteiger partial charge in [-0.2, -0.15) is 0 Å². The van der Waals surface area contributed by atoms with Crippen LogP contribution in [0.4, 0.5) is 0 Å². The Morgan fingerprint density at radius 1 is 0.310 bits per heavy atom. The Morgan fingerprint density at radius 2 is 0.540 bits per heavy atom. The second-order valence-corrected chi connectivity index (χ2v) is 30.1. The molecule has 0 aromatic heterocycles. The van der Waals surface area contributed by atoms with Gasteiger partial charge in [0.15, 0.2) is 6.10 Å². The molecule has 9 nitrogen and oxygen atoms in total. The molecule has 0 aromatic rings. The molecule has 0 radical (unpaired) electrons. The first kappa shape index (κ1) is 95.9. The Labute approximate surface area is 618 Å². The summed E-state index contributed by atoms with van der Waals surface area (Å²) in [5.41, 5.74) is 0. The number of nitrogens with zero attached hydrogens (tertiary/aromatic N) is 1. The van der Waals surface area contributed by atoms with Crippen LogP contribution in [-0.2, 0) is 32.7 Å². The molecule has 0 aliphatic rings. The van der Waals surface area contributed by atoms with Crippen molar-refractivity contribution in [3.63, 3.8) is 0 Å². The molecular formula is C90H156NO8P. The topological polar surface area (TPSA) is 111 Å². The van der Waals surface area contributed by atoms with Crippen molar-refractivity contribution in [3.05, 3.63) is 146 Å². The maximum Gasteiger partial charge on any atom is 0.306 e. The summed E-state index contributed by atoms with van der Waals surface area (Å²) in [5.74, 6) is -0.823. The fraction of sp³-hybridized carbons (Fsp3) is 0.711. The number of quaternary nitrogens is 1. The van der Waals surface area contributed by atoms with E-state index in [1.54, 1.807) is 0 Å². The number of likely N-dealkylation sites (N-methyl/N-ethyl adjacent to an activating group) is 1. The number of hydrogen-bond acceptors (Lipinski definition) is 8. The summed E-state index contributed by atoms with van der Waals surface area (Å²) in [4.78, 5) is 38.2. The lowest BCUT2D eigenvalue weighted by Gasteiger charge is -2.28. The largest absolute Gasteiger partial charge is 0.756 e. The van der Waals surface area contributed by atoms with Crippen LogP contribution < -0.4 is 4.89 Å². The Hall–Kier alpha value is -4.11. The monoisotopic (exact) mass is 1410 g/mol. The summed E-state index contributed by atoms with van der Waals surface area (Å²) in [6, 6.07) is 0. The number of unbranched alkanes of at least 4 members (excludes halogenated alkanes) is 38. The number of hydrogen-bond donors (Lipinski definition) is 0. The zero-order valence-electron chi connectivity index (χ0n) is 65.6. The first-order valence-electron chi connectivity index (χ1n) is 41.5. The molecule has 0 aromatic carbocycles. The van der Waals surface area contributed by atoms with Crippen LogP contribution in [-0.4, -0.2) is 70.0 Å². The van der Waals surface area contributed by atoms with Crippen LogP contribution in [0.2, 0.25) is 0 Å². The Kier molecular flexibility index (Phi) is 75.8. The molecule has 0 amide bonds. The Bertz CT molecular complexity index is 2210. The molecule has 0 saturated carbocycles. The van der Waals surface area contributed by atoms with Crippen LogP contribution >= 0.6 is 7.82 Å². The molecular weight excluding hydrogens is 1250 g/mol. The maximum atomic E-state index is 12.9. The van der Waals surface area contributed by atoms with E-state index in [0.29, 0.717) is 17.4 Å². The van der Waals surface area contributed by atoms with E-state index < -0.39 is 26.5 Å². The molecule has 0 heterocycles. The van der Waals surface area contributed by atoms with Gasteiger partial charge >= 0.3 is 11.9 Å². The van der Waals surface area contributed by atoms with Crippen LogP contribution in [0.5, 0.6) is 0 Å². The van der Waals surface area contributed by atoms with Gasteiger partial charge in [-0.05, 0) is 116 Å². The smallest absolute Gasteiger partial charge is 0.306 e. The van der Waals surface area contributed by atoms with Crippen LogP contribution in [0.3, 0.4) is 0 Å². The third-order valence-electron chi connectivity index (χ3n) is 17.9. The summed E-state index contributed by atoms with van der Waals surface area (Å²) in [6.45, 7) is 4.05. The SMILES string of the molecule is CC/C=C\C/C=C\C/C=C\C/C=C\C/C=C\C/C=C\C/C=C\CCCCCCCCCCCCCCCCCC(=O)OC(COC(=O)CCCCCCCCCCCCCCCCCCCCCCCCC/C=C\C/C=C\C/C=C\C/C=C\C/C=C\CC)COP(=O)([O-])OCC[N+](C)(C)C. The van der Waals surface area contributed by atoms with Crippen molar-refractivity contribution in [2.24, 2.45) is 0 Å². The van der Waals surface area contributed by atoms with Gasteiger partial charge in [-0.3, -0.25) is 14.2 Å². The van der Waals surface area contributed by atoms with Gasteiger partial charge in [0.05, 0.1) is 27.7 Å². The minimum absolute atomic E-state index is 0.0336. The number of allylic oxidation sites excluding steroid dienone is 24. The number of ether oxygens (including phenoxy) is 2. The van der Waals surface area contributed by atoms with Crippen LogP contribution in [0, 0.1) is 0 Å². The van der Waals surface area contributed by atoms with Crippen LogP contribution in [0.25, 0.3) is 0 Å². The molecule has 100 heavy (non-hydrogen) atoms. The van der Waals surface area contributed by atoms with Crippen molar-refractivity contribution in [3.8, 4) is 0 Å². The maximum absolute atomic E-state index is 12.9. The number of phosphoric acid groups is 1. The summed E-state index contributed by atoms with van der Waals surface area (Å²) in [5, 5.41) is 0. The fourth-order valence-electron chi connectivity index (χ4n) is 11.6. The molecule has 10 heteroatoms. The summed E-state index contributed by atoms with van der Waals surface area (Å²) in [7, 11) is 1.17. The van der Waals surface area contributed by atoms with E-state index in [0.717, 1.165) is 116 Å². The van der Waals surface area contributed by atoms with E-state index in [1.807, 2.05) is 21.1 Å². The first-order valence-corrected chi connectivity index (χ1v) is 43.0. The zero-order chi connectivity index (χ0) is 72.5. The van der Waals surface area contributed by atoms with Gasteiger partial charge in [0.1, 0.15) is 19.8 Å². The zero-order valence-corrected chi connectivity index (χ0v) is 66.5. The lowest BCUT2D eigenvalue weighted by molar-refractivity contribution is -0.870.